The van der Waals surface area contributed by atoms with Gasteiger partial charge in [0, 0.05) is 19.3 Å². The minimum absolute atomic E-state index is 0.0774. The van der Waals surface area contributed by atoms with Crippen molar-refractivity contribution in [2.75, 3.05) is 13.2 Å². The molecular weight excluding hydrogens is 817 g/mol. The molecule has 0 heterocycles. The number of esters is 3. The van der Waals surface area contributed by atoms with Gasteiger partial charge in [0.1, 0.15) is 13.2 Å². The first-order chi connectivity index (χ1) is 32.5. The van der Waals surface area contributed by atoms with E-state index in [4.69, 9.17) is 14.2 Å². The molecular formula is C60H108O6. The zero-order valence-corrected chi connectivity index (χ0v) is 44.0. The Morgan fingerprint density at radius 1 is 0.303 bits per heavy atom. The summed E-state index contributed by atoms with van der Waals surface area (Å²) in [4.78, 5) is 38.1. The van der Waals surface area contributed by atoms with Crippen LogP contribution >= 0.6 is 0 Å². The highest BCUT2D eigenvalue weighted by molar-refractivity contribution is 5.71. The molecule has 0 saturated heterocycles. The monoisotopic (exact) mass is 925 g/mol. The second kappa shape index (κ2) is 55.0. The first-order valence-corrected chi connectivity index (χ1v) is 28.6. The van der Waals surface area contributed by atoms with Crippen LogP contribution < -0.4 is 0 Å². The summed E-state index contributed by atoms with van der Waals surface area (Å²) in [5.74, 6) is -0.883. The molecule has 0 spiro atoms. The second-order valence-electron chi connectivity index (χ2n) is 19.2. The predicted molar refractivity (Wildman–Crippen MR) is 284 cm³/mol. The van der Waals surface area contributed by atoms with E-state index in [2.05, 4.69) is 69.4 Å². The van der Waals surface area contributed by atoms with Crippen molar-refractivity contribution in [2.24, 2.45) is 0 Å². The lowest BCUT2D eigenvalue weighted by molar-refractivity contribution is -0.167. The van der Waals surface area contributed by atoms with Gasteiger partial charge in [-0.15, -0.1) is 0 Å². The Bertz CT molecular complexity index is 1150. The molecule has 0 amide bonds. The van der Waals surface area contributed by atoms with Crippen molar-refractivity contribution < 1.29 is 28.6 Å². The molecule has 0 aromatic heterocycles. The fourth-order valence-corrected chi connectivity index (χ4v) is 8.20. The Balaban J connectivity index is 4.32. The molecule has 0 bridgehead atoms. The van der Waals surface area contributed by atoms with Gasteiger partial charge in [0.05, 0.1) is 0 Å². The molecule has 0 aliphatic heterocycles. The number of ether oxygens (including phenoxy) is 3. The van der Waals surface area contributed by atoms with E-state index >= 15 is 0 Å². The normalized spacial score (nSPS) is 12.3. The summed E-state index contributed by atoms with van der Waals surface area (Å²) in [6.45, 7) is 6.60. The number of rotatable bonds is 52. The number of hydrogen-bond acceptors (Lipinski definition) is 6. The van der Waals surface area contributed by atoms with Crippen molar-refractivity contribution in [3.05, 3.63) is 48.6 Å². The average molecular weight is 926 g/mol. The van der Waals surface area contributed by atoms with Gasteiger partial charge in [0.2, 0.25) is 0 Å². The van der Waals surface area contributed by atoms with Gasteiger partial charge in [-0.2, -0.15) is 0 Å². The molecule has 1 unspecified atom stereocenters. The molecule has 0 aliphatic carbocycles. The van der Waals surface area contributed by atoms with Crippen molar-refractivity contribution >= 4 is 17.9 Å². The predicted octanol–water partition coefficient (Wildman–Crippen LogP) is 19.0. The van der Waals surface area contributed by atoms with Crippen molar-refractivity contribution in [2.45, 2.75) is 303 Å². The molecule has 1 atom stereocenters. The molecule has 66 heavy (non-hydrogen) atoms. The Morgan fingerprint density at radius 2 is 0.561 bits per heavy atom. The minimum Gasteiger partial charge on any atom is -0.462 e. The van der Waals surface area contributed by atoms with Gasteiger partial charge in [-0.3, -0.25) is 14.4 Å². The molecule has 0 N–H and O–H groups in total. The van der Waals surface area contributed by atoms with Crippen LogP contribution in [0.2, 0.25) is 0 Å². The van der Waals surface area contributed by atoms with E-state index in [1.54, 1.807) is 0 Å². The highest BCUT2D eigenvalue weighted by Crippen LogP contribution is 2.16. The first-order valence-electron chi connectivity index (χ1n) is 28.6. The Hall–Kier alpha value is -2.63. The van der Waals surface area contributed by atoms with E-state index in [0.29, 0.717) is 19.3 Å². The lowest BCUT2D eigenvalue weighted by Crippen LogP contribution is -2.30. The summed E-state index contributed by atoms with van der Waals surface area (Å²) in [7, 11) is 0. The number of allylic oxidation sites excluding steroid dienone is 8. The molecule has 0 rings (SSSR count). The van der Waals surface area contributed by atoms with Crippen LogP contribution in [-0.2, 0) is 28.6 Å². The highest BCUT2D eigenvalue weighted by atomic mass is 16.6. The second-order valence-corrected chi connectivity index (χ2v) is 19.2. The lowest BCUT2D eigenvalue weighted by atomic mass is 10.0. The van der Waals surface area contributed by atoms with Crippen LogP contribution in [0.1, 0.15) is 297 Å². The number of carbonyl (C=O) groups excluding carboxylic acids is 3. The minimum atomic E-state index is -0.779. The molecule has 0 saturated carbocycles. The van der Waals surface area contributed by atoms with Gasteiger partial charge in [-0.25, -0.2) is 0 Å². The van der Waals surface area contributed by atoms with Crippen LogP contribution in [0.4, 0.5) is 0 Å². The van der Waals surface area contributed by atoms with Gasteiger partial charge in [-0.1, -0.05) is 249 Å². The largest absolute Gasteiger partial charge is 0.462 e. The van der Waals surface area contributed by atoms with Crippen LogP contribution in [0.5, 0.6) is 0 Å². The lowest BCUT2D eigenvalue weighted by Gasteiger charge is -2.18. The summed E-state index contributed by atoms with van der Waals surface area (Å²) < 4.78 is 16.8. The average Bonchev–Trinajstić information content (AvgIpc) is 3.31. The first kappa shape index (κ1) is 63.4. The van der Waals surface area contributed by atoms with Gasteiger partial charge in [-0.05, 0) is 77.0 Å². The standard InChI is InChI=1S/C60H108O6/c1-4-7-10-13-16-19-22-25-27-28-29-30-31-32-33-36-38-41-44-47-50-53-59(62)65-56-57(55-64-58(61)52-49-46-43-40-37-34-24-21-18-15-12-9-6-3)66-60(63)54-51-48-45-42-39-35-26-23-20-17-14-11-8-5-2/h14,17,22-23,25-26,28-29,57H,4-13,15-16,18-21,24,27,30-56H2,1-3H3/b17-14-,25-22-,26-23-,29-28-. The summed E-state index contributed by atoms with van der Waals surface area (Å²) in [5.41, 5.74) is 0. The van der Waals surface area contributed by atoms with E-state index < -0.39 is 6.10 Å². The zero-order chi connectivity index (χ0) is 47.9. The molecule has 0 aromatic rings. The van der Waals surface area contributed by atoms with Crippen LogP contribution in [0.15, 0.2) is 48.6 Å². The van der Waals surface area contributed by atoms with Gasteiger partial charge in [0.15, 0.2) is 6.10 Å². The molecule has 0 fully saturated rings. The SMILES string of the molecule is CCCC/C=C\C/C=C\CCCCCCCC(=O)OC(COC(=O)CCCCCCCCCCC/C=C\C/C=C\CCCCCCC)COC(=O)CCCCCCCCCCCCCCC. The van der Waals surface area contributed by atoms with Gasteiger partial charge < -0.3 is 14.2 Å². The van der Waals surface area contributed by atoms with Crippen LogP contribution in [0.25, 0.3) is 0 Å². The topological polar surface area (TPSA) is 78.9 Å². The maximum Gasteiger partial charge on any atom is 0.306 e. The summed E-state index contributed by atoms with van der Waals surface area (Å²) in [5, 5.41) is 0. The summed E-state index contributed by atoms with van der Waals surface area (Å²) in [6.07, 6.45) is 66.7. The van der Waals surface area contributed by atoms with Crippen molar-refractivity contribution in [3.8, 4) is 0 Å². The maximum absolute atomic E-state index is 12.8. The molecule has 384 valence electrons. The third-order valence-corrected chi connectivity index (χ3v) is 12.6. The van der Waals surface area contributed by atoms with E-state index in [1.165, 1.54) is 167 Å². The van der Waals surface area contributed by atoms with Crippen molar-refractivity contribution in [3.63, 3.8) is 0 Å². The fourth-order valence-electron chi connectivity index (χ4n) is 8.20. The number of carbonyl (C=O) groups is 3. The summed E-state index contributed by atoms with van der Waals surface area (Å²) in [6, 6.07) is 0. The third-order valence-electron chi connectivity index (χ3n) is 12.6. The molecule has 6 nitrogen and oxygen atoms in total. The Labute approximate surface area is 409 Å². The smallest absolute Gasteiger partial charge is 0.306 e. The van der Waals surface area contributed by atoms with E-state index in [0.717, 1.165) is 89.9 Å². The Kier molecular flexibility index (Phi) is 52.8. The molecule has 6 heteroatoms. The number of unbranched alkanes of at least 4 members (excludes halogenated alkanes) is 33. The quantitative estimate of drug-likeness (QED) is 0.0262. The van der Waals surface area contributed by atoms with E-state index in [-0.39, 0.29) is 31.1 Å². The maximum atomic E-state index is 12.8. The zero-order valence-electron chi connectivity index (χ0n) is 44.0. The van der Waals surface area contributed by atoms with Gasteiger partial charge >= 0.3 is 17.9 Å². The van der Waals surface area contributed by atoms with Crippen LogP contribution in [-0.4, -0.2) is 37.2 Å². The van der Waals surface area contributed by atoms with Crippen LogP contribution in [0, 0.1) is 0 Å². The number of hydrogen-bond donors (Lipinski definition) is 0. The molecule has 0 radical (unpaired) electrons. The summed E-state index contributed by atoms with van der Waals surface area (Å²) >= 11 is 0. The molecule has 0 aromatic carbocycles. The molecule has 0 aliphatic rings. The van der Waals surface area contributed by atoms with Gasteiger partial charge in [0.25, 0.3) is 0 Å². The fraction of sp³-hybridized carbons (Fsp3) is 0.817. The Morgan fingerprint density at radius 3 is 0.879 bits per heavy atom. The third kappa shape index (κ3) is 52.3. The van der Waals surface area contributed by atoms with Crippen molar-refractivity contribution in [1.82, 2.24) is 0 Å². The van der Waals surface area contributed by atoms with Crippen LogP contribution in [0.3, 0.4) is 0 Å². The van der Waals surface area contributed by atoms with E-state index in [9.17, 15) is 14.4 Å². The van der Waals surface area contributed by atoms with E-state index in [1.807, 2.05) is 0 Å². The van der Waals surface area contributed by atoms with Crippen molar-refractivity contribution in [1.29, 1.82) is 0 Å². The highest BCUT2D eigenvalue weighted by Gasteiger charge is 2.19.